The first-order valence-electron chi connectivity index (χ1n) is 12.1. The van der Waals surface area contributed by atoms with Crippen molar-refractivity contribution in [2.45, 2.75) is 12.5 Å². The number of hydrogen-bond donors (Lipinski definition) is 2. The summed E-state index contributed by atoms with van der Waals surface area (Å²) in [5.74, 6) is -0.961. The molecule has 0 spiro atoms. The highest BCUT2D eigenvalue weighted by atomic mass is 16.6. The number of aliphatic hydroxyl groups is 1. The molecule has 4 aromatic rings. The summed E-state index contributed by atoms with van der Waals surface area (Å²) in [6, 6.07) is 16.7. The number of fused-ring (bicyclic) bond motifs is 1. The number of methoxy groups -OCH3 is 2. The molecule has 3 aromatic carbocycles. The topological polar surface area (TPSA) is 135 Å². The molecule has 0 aliphatic carbocycles. The number of aliphatic hydroxyl groups excluding tert-OH is 1. The van der Waals surface area contributed by atoms with Crippen LogP contribution in [0.15, 0.2) is 78.5 Å². The summed E-state index contributed by atoms with van der Waals surface area (Å²) >= 11 is 0. The summed E-state index contributed by atoms with van der Waals surface area (Å²) in [4.78, 5) is 42.5. The van der Waals surface area contributed by atoms with Crippen molar-refractivity contribution >= 4 is 34.0 Å². The van der Waals surface area contributed by atoms with E-state index in [4.69, 9.17) is 9.47 Å². The lowest BCUT2D eigenvalue weighted by molar-refractivity contribution is -0.385. The zero-order valence-electron chi connectivity index (χ0n) is 21.2. The summed E-state index contributed by atoms with van der Waals surface area (Å²) in [5, 5.41) is 24.1. The number of hydrogen-bond acceptors (Lipinski definition) is 7. The van der Waals surface area contributed by atoms with Gasteiger partial charge in [-0.15, -0.1) is 0 Å². The van der Waals surface area contributed by atoms with Crippen molar-refractivity contribution < 1.29 is 29.1 Å². The lowest BCUT2D eigenvalue weighted by Crippen LogP contribution is -2.32. The van der Waals surface area contributed by atoms with E-state index in [0.717, 1.165) is 16.5 Å². The van der Waals surface area contributed by atoms with Gasteiger partial charge >= 0.3 is 0 Å². The van der Waals surface area contributed by atoms with Gasteiger partial charge in [0.25, 0.3) is 17.4 Å². The molecule has 1 unspecified atom stereocenters. The number of carbonyl (C=O) groups is 2. The Morgan fingerprint density at radius 3 is 2.41 bits per heavy atom. The Hall–Kier alpha value is -5.12. The van der Waals surface area contributed by atoms with Crippen molar-refractivity contribution in [1.29, 1.82) is 0 Å². The summed E-state index contributed by atoms with van der Waals surface area (Å²) < 4.78 is 10.5. The van der Waals surface area contributed by atoms with Crippen LogP contribution < -0.4 is 9.47 Å². The highest BCUT2D eigenvalue weighted by Gasteiger charge is 2.47. The van der Waals surface area contributed by atoms with E-state index < -0.39 is 28.4 Å². The molecule has 1 fully saturated rings. The Balaban J connectivity index is 1.60. The van der Waals surface area contributed by atoms with Gasteiger partial charge in [-0.3, -0.25) is 19.7 Å². The van der Waals surface area contributed by atoms with Crippen LogP contribution in [0.1, 0.15) is 22.7 Å². The van der Waals surface area contributed by atoms with Crippen LogP contribution in [0.5, 0.6) is 11.5 Å². The fraction of sp³-hybridized carbons (Fsp3) is 0.172. The largest absolute Gasteiger partial charge is 0.507 e. The van der Waals surface area contributed by atoms with Crippen molar-refractivity contribution in [2.24, 2.45) is 0 Å². The second-order valence-electron chi connectivity index (χ2n) is 9.01. The molecule has 2 N–H and O–H groups in total. The molecule has 1 saturated heterocycles. The maximum Gasteiger partial charge on any atom is 0.295 e. The molecule has 1 amide bonds. The molecule has 10 nitrogen and oxygen atoms in total. The lowest BCUT2D eigenvalue weighted by atomic mass is 9.94. The van der Waals surface area contributed by atoms with E-state index in [2.05, 4.69) is 4.98 Å². The molecule has 0 radical (unpaired) electrons. The molecule has 39 heavy (non-hydrogen) atoms. The molecule has 1 aromatic heterocycles. The highest BCUT2D eigenvalue weighted by molar-refractivity contribution is 6.46. The Kier molecular flexibility index (Phi) is 6.76. The minimum absolute atomic E-state index is 0.0743. The van der Waals surface area contributed by atoms with Crippen molar-refractivity contribution in [3.8, 4) is 11.5 Å². The predicted octanol–water partition coefficient (Wildman–Crippen LogP) is 4.76. The second kappa shape index (κ2) is 10.3. The van der Waals surface area contributed by atoms with Crippen LogP contribution >= 0.6 is 0 Å². The smallest absolute Gasteiger partial charge is 0.295 e. The number of rotatable bonds is 8. The third-order valence-corrected chi connectivity index (χ3v) is 6.93. The van der Waals surface area contributed by atoms with E-state index >= 15 is 0 Å². The standard InChI is InChI=1S/C29H25N3O7/c1-38-19-9-7-17(8-10-19)27(33)25-26(21-5-3-4-6-24(21)32(36)37)31(29(35)28(25)34)14-13-18-16-30-23-12-11-20(39-2)15-22(18)23/h3-12,15-16,26,30,33H,13-14H2,1-2H3/b27-25-. The van der Waals surface area contributed by atoms with E-state index in [9.17, 15) is 24.8 Å². The third kappa shape index (κ3) is 4.56. The molecule has 1 atom stereocenters. The van der Waals surface area contributed by atoms with Gasteiger partial charge in [0, 0.05) is 35.3 Å². The van der Waals surface area contributed by atoms with Gasteiger partial charge < -0.3 is 24.5 Å². The van der Waals surface area contributed by atoms with Crippen molar-refractivity contribution in [1.82, 2.24) is 9.88 Å². The number of carbonyl (C=O) groups excluding carboxylic acids is 2. The Morgan fingerprint density at radius 1 is 1.03 bits per heavy atom. The van der Waals surface area contributed by atoms with Gasteiger partial charge in [-0.2, -0.15) is 0 Å². The average molecular weight is 528 g/mol. The molecular weight excluding hydrogens is 502 g/mol. The summed E-state index contributed by atoms with van der Waals surface area (Å²) in [5.41, 5.74) is 1.70. The first kappa shape index (κ1) is 25.5. The molecule has 0 bridgehead atoms. The minimum atomic E-state index is -1.16. The number of ketones is 1. The normalized spacial score (nSPS) is 16.6. The number of aromatic amines is 1. The number of nitrogens with one attached hydrogen (secondary N) is 1. The van der Waals surface area contributed by atoms with Crippen LogP contribution in [0.2, 0.25) is 0 Å². The minimum Gasteiger partial charge on any atom is -0.507 e. The third-order valence-electron chi connectivity index (χ3n) is 6.93. The molecule has 5 rings (SSSR count). The number of H-pyrrole nitrogens is 1. The van der Waals surface area contributed by atoms with Crippen LogP contribution in [0.25, 0.3) is 16.7 Å². The zero-order valence-corrected chi connectivity index (χ0v) is 21.2. The number of Topliss-reactive ketones (excluding diaryl/α,β-unsaturated/α-hetero) is 1. The lowest BCUT2D eigenvalue weighted by Gasteiger charge is -2.25. The summed E-state index contributed by atoms with van der Waals surface area (Å²) in [7, 11) is 3.07. The van der Waals surface area contributed by atoms with Gasteiger partial charge in [-0.25, -0.2) is 0 Å². The second-order valence-corrected chi connectivity index (χ2v) is 9.01. The first-order valence-corrected chi connectivity index (χ1v) is 12.1. The predicted molar refractivity (Wildman–Crippen MR) is 144 cm³/mol. The Bertz CT molecular complexity index is 1620. The molecule has 1 aliphatic heterocycles. The molecule has 198 valence electrons. The van der Waals surface area contributed by atoms with Crippen LogP contribution in [0.4, 0.5) is 5.69 Å². The van der Waals surface area contributed by atoms with Crippen LogP contribution in [0, 0.1) is 10.1 Å². The quantitative estimate of drug-likeness (QED) is 0.111. The maximum absolute atomic E-state index is 13.4. The molecule has 1 aliphatic rings. The number of nitro groups is 1. The number of ether oxygens (including phenoxy) is 2. The monoisotopic (exact) mass is 527 g/mol. The first-order chi connectivity index (χ1) is 18.8. The number of nitro benzene ring substituents is 1. The SMILES string of the molecule is COc1ccc(/C(O)=C2/C(=O)C(=O)N(CCc3c[nH]c4ccc(OC)cc34)C2c2ccccc2[N+](=O)[O-])cc1. The van der Waals surface area contributed by atoms with Gasteiger partial charge in [0.1, 0.15) is 17.3 Å². The number of para-hydroxylation sites is 1. The Morgan fingerprint density at radius 2 is 1.72 bits per heavy atom. The van der Waals surface area contributed by atoms with Gasteiger partial charge in [-0.1, -0.05) is 12.1 Å². The fourth-order valence-electron chi connectivity index (χ4n) is 4.96. The summed E-state index contributed by atoms with van der Waals surface area (Å²) in [6.45, 7) is 0.0743. The molecular formula is C29H25N3O7. The van der Waals surface area contributed by atoms with E-state index in [0.29, 0.717) is 17.9 Å². The average Bonchev–Trinajstić information content (AvgIpc) is 3.48. The van der Waals surface area contributed by atoms with Crippen molar-refractivity contribution in [3.05, 3.63) is 105 Å². The van der Waals surface area contributed by atoms with E-state index in [1.807, 2.05) is 24.4 Å². The van der Waals surface area contributed by atoms with Crippen LogP contribution in [-0.2, 0) is 16.0 Å². The molecule has 2 heterocycles. The number of likely N-dealkylation sites (tertiary alicyclic amines) is 1. The Labute approximate surface area is 223 Å². The number of amides is 1. The van der Waals surface area contributed by atoms with Crippen LogP contribution in [0.3, 0.4) is 0 Å². The molecule has 10 heteroatoms. The summed E-state index contributed by atoms with van der Waals surface area (Å²) in [6.07, 6.45) is 2.16. The van der Waals surface area contributed by atoms with E-state index in [1.165, 1.54) is 30.2 Å². The van der Waals surface area contributed by atoms with Crippen molar-refractivity contribution in [2.75, 3.05) is 20.8 Å². The van der Waals surface area contributed by atoms with Gasteiger partial charge in [-0.05, 0) is 60.5 Å². The van der Waals surface area contributed by atoms with E-state index in [-0.39, 0.29) is 28.9 Å². The number of nitrogens with zero attached hydrogens (tertiary/aromatic N) is 2. The molecule has 0 saturated carbocycles. The zero-order chi connectivity index (χ0) is 27.7. The maximum atomic E-state index is 13.4. The fourth-order valence-corrected chi connectivity index (χ4v) is 4.96. The number of aromatic nitrogens is 1. The highest BCUT2D eigenvalue weighted by Crippen LogP contribution is 2.42. The van der Waals surface area contributed by atoms with Gasteiger partial charge in [0.05, 0.1) is 36.3 Å². The van der Waals surface area contributed by atoms with E-state index in [1.54, 1.807) is 37.4 Å². The van der Waals surface area contributed by atoms with Crippen LogP contribution in [-0.4, -0.2) is 52.4 Å². The van der Waals surface area contributed by atoms with Crippen molar-refractivity contribution in [3.63, 3.8) is 0 Å². The van der Waals surface area contributed by atoms with Gasteiger partial charge in [0.2, 0.25) is 0 Å². The number of benzene rings is 3. The van der Waals surface area contributed by atoms with Gasteiger partial charge in [0.15, 0.2) is 0 Å².